The number of carboxylic acids is 3. The zero-order chi connectivity index (χ0) is 32.1. The van der Waals surface area contributed by atoms with Crippen LogP contribution in [0.2, 0.25) is 0 Å². The normalized spacial score (nSPS) is 9.79. The maximum absolute atomic E-state index is 10.4. The molecule has 230 valence electrons. The molecular formula is C30H38O12. The van der Waals surface area contributed by atoms with Gasteiger partial charge in [-0.3, -0.25) is 0 Å². The molecule has 12 nitrogen and oxygen atoms in total. The van der Waals surface area contributed by atoms with Crippen LogP contribution in [0.5, 0.6) is 17.2 Å². The number of carbonyl (C=O) groups is 3. The van der Waals surface area contributed by atoms with Crippen LogP contribution in [0.15, 0.2) is 72.8 Å². The van der Waals surface area contributed by atoms with Gasteiger partial charge in [0.05, 0.1) is 57.8 Å². The summed E-state index contributed by atoms with van der Waals surface area (Å²) in [4.78, 5) is 31.1. The molecule has 0 fully saturated rings. The van der Waals surface area contributed by atoms with E-state index in [0.29, 0.717) is 23.7 Å². The highest BCUT2D eigenvalue weighted by Crippen LogP contribution is 2.18. The van der Waals surface area contributed by atoms with E-state index in [1.54, 1.807) is 36.4 Å². The molecule has 0 aromatic heterocycles. The predicted octanol–water partition coefficient (Wildman–Crippen LogP) is 3.54. The molecule has 0 heterocycles. The summed E-state index contributed by atoms with van der Waals surface area (Å²) in [7, 11) is 4.61. The molecule has 3 rings (SSSR count). The minimum absolute atomic E-state index is 0.156. The van der Waals surface area contributed by atoms with Gasteiger partial charge in [-0.05, 0) is 79.2 Å². The second-order valence-electron chi connectivity index (χ2n) is 8.43. The molecule has 0 atom stereocenters. The molecule has 0 aliphatic rings. The van der Waals surface area contributed by atoms with Gasteiger partial charge >= 0.3 is 17.9 Å². The third kappa shape index (κ3) is 13.6. The van der Waals surface area contributed by atoms with Gasteiger partial charge < -0.3 is 44.8 Å². The predicted molar refractivity (Wildman–Crippen MR) is 154 cm³/mol. The molecule has 0 saturated carbocycles. The number of aliphatic hydroxyl groups excluding tert-OH is 3. The van der Waals surface area contributed by atoms with Crippen molar-refractivity contribution in [3.63, 3.8) is 0 Å². The second kappa shape index (κ2) is 20.3. The monoisotopic (exact) mass is 590 g/mol. The zero-order valence-electron chi connectivity index (χ0n) is 23.9. The molecule has 42 heavy (non-hydrogen) atoms. The average Bonchev–Trinajstić information content (AvgIpc) is 3.03. The Morgan fingerprint density at radius 1 is 0.524 bits per heavy atom. The Labute approximate surface area is 244 Å². The van der Waals surface area contributed by atoms with Gasteiger partial charge in [-0.15, -0.1) is 0 Å². The first kappa shape index (κ1) is 37.4. The maximum atomic E-state index is 10.4. The summed E-state index contributed by atoms with van der Waals surface area (Å²) in [6, 6.07) is 18.7. The summed E-state index contributed by atoms with van der Waals surface area (Å²) in [6.45, 7) is 1.35. The van der Waals surface area contributed by atoms with E-state index in [4.69, 9.17) is 44.8 Å². The van der Waals surface area contributed by atoms with Crippen LogP contribution < -0.4 is 14.2 Å². The van der Waals surface area contributed by atoms with Gasteiger partial charge in [0.1, 0.15) is 17.2 Å². The highest BCUT2D eigenvalue weighted by molar-refractivity contribution is 5.88. The van der Waals surface area contributed by atoms with Crippen LogP contribution in [0, 0.1) is 5.41 Å². The fourth-order valence-corrected chi connectivity index (χ4v) is 2.69. The Morgan fingerprint density at radius 3 is 0.833 bits per heavy atom. The molecular weight excluding hydrogens is 552 g/mol. The summed E-state index contributed by atoms with van der Waals surface area (Å²) in [5.41, 5.74) is 0.141. The standard InChI is InChI=1S/3C8H8O3.C6H14O3/c3*1-11-7-4-2-6(3-5-7)8(9)10;1-2-6(3-7,4-8)5-9/h3*2-5H,1H3,(H,9,10);7-9H,2-5H2,1H3. The highest BCUT2D eigenvalue weighted by Gasteiger charge is 2.24. The second-order valence-corrected chi connectivity index (χ2v) is 8.43. The van der Waals surface area contributed by atoms with E-state index in [2.05, 4.69) is 0 Å². The SMILES string of the molecule is CCC(CO)(CO)CO.COc1ccc(C(=O)O)cc1.COc1ccc(C(=O)O)cc1.COc1ccc(C(=O)O)cc1. The maximum Gasteiger partial charge on any atom is 0.335 e. The molecule has 6 N–H and O–H groups in total. The fraction of sp³-hybridized carbons (Fsp3) is 0.300. The Morgan fingerprint density at radius 2 is 0.738 bits per heavy atom. The van der Waals surface area contributed by atoms with Crippen LogP contribution in [-0.4, -0.2) is 89.7 Å². The molecule has 0 bridgehead atoms. The van der Waals surface area contributed by atoms with Gasteiger partial charge in [-0.2, -0.15) is 0 Å². The minimum Gasteiger partial charge on any atom is -0.497 e. The molecule has 0 aliphatic carbocycles. The van der Waals surface area contributed by atoms with Gasteiger partial charge in [0, 0.05) is 5.41 Å². The topological polar surface area (TPSA) is 200 Å². The van der Waals surface area contributed by atoms with E-state index >= 15 is 0 Å². The summed E-state index contributed by atoms with van der Waals surface area (Å²) in [5, 5.41) is 51.5. The van der Waals surface area contributed by atoms with Gasteiger partial charge in [0.25, 0.3) is 0 Å². The van der Waals surface area contributed by atoms with Crippen molar-refractivity contribution in [1.29, 1.82) is 0 Å². The summed E-state index contributed by atoms with van der Waals surface area (Å²) >= 11 is 0. The van der Waals surface area contributed by atoms with Crippen molar-refractivity contribution >= 4 is 17.9 Å². The number of ether oxygens (including phenoxy) is 3. The summed E-state index contributed by atoms with van der Waals surface area (Å²) in [6.07, 6.45) is 0.594. The highest BCUT2D eigenvalue weighted by atomic mass is 16.5. The fourth-order valence-electron chi connectivity index (χ4n) is 2.69. The van der Waals surface area contributed by atoms with E-state index < -0.39 is 23.3 Å². The minimum atomic E-state index is -0.923. The number of aromatic carboxylic acids is 3. The zero-order valence-corrected chi connectivity index (χ0v) is 23.9. The van der Waals surface area contributed by atoms with Gasteiger partial charge in [-0.25, -0.2) is 14.4 Å². The molecule has 3 aromatic rings. The van der Waals surface area contributed by atoms with Gasteiger partial charge in [0.2, 0.25) is 0 Å². The van der Waals surface area contributed by atoms with Crippen molar-refractivity contribution in [2.45, 2.75) is 13.3 Å². The number of aliphatic hydroxyl groups is 3. The molecule has 3 aromatic carbocycles. The van der Waals surface area contributed by atoms with Crippen LogP contribution in [0.4, 0.5) is 0 Å². The smallest absolute Gasteiger partial charge is 0.335 e. The number of hydrogen-bond acceptors (Lipinski definition) is 9. The first-order chi connectivity index (χ1) is 20.0. The lowest BCUT2D eigenvalue weighted by Crippen LogP contribution is -2.32. The lowest BCUT2D eigenvalue weighted by molar-refractivity contribution is 0.00303. The molecule has 0 saturated heterocycles. The van der Waals surface area contributed by atoms with Crippen LogP contribution in [0.1, 0.15) is 44.4 Å². The third-order valence-electron chi connectivity index (χ3n) is 5.77. The first-order valence-corrected chi connectivity index (χ1v) is 12.4. The largest absolute Gasteiger partial charge is 0.497 e. The molecule has 0 amide bonds. The lowest BCUT2D eigenvalue weighted by Gasteiger charge is -2.24. The van der Waals surface area contributed by atoms with Crippen LogP contribution >= 0.6 is 0 Å². The van der Waals surface area contributed by atoms with E-state index in [0.717, 1.165) is 0 Å². The summed E-state index contributed by atoms with van der Waals surface area (Å²) < 4.78 is 14.6. The van der Waals surface area contributed by atoms with Crippen LogP contribution in [-0.2, 0) is 0 Å². The molecule has 0 aliphatic heterocycles. The molecule has 0 unspecified atom stereocenters. The van der Waals surface area contributed by atoms with Crippen LogP contribution in [0.3, 0.4) is 0 Å². The van der Waals surface area contributed by atoms with Crippen molar-refractivity contribution in [2.75, 3.05) is 41.2 Å². The quantitative estimate of drug-likeness (QED) is 0.201. The summed E-state index contributed by atoms with van der Waals surface area (Å²) in [5.74, 6) is -0.784. The number of rotatable bonds is 10. The molecule has 12 heteroatoms. The molecule has 0 radical (unpaired) electrons. The Kier molecular flexibility index (Phi) is 18.0. The van der Waals surface area contributed by atoms with Gasteiger partial charge in [-0.1, -0.05) is 6.92 Å². The number of carboxylic acid groups (broad SMARTS) is 3. The first-order valence-electron chi connectivity index (χ1n) is 12.4. The number of benzene rings is 3. The lowest BCUT2D eigenvalue weighted by atomic mass is 9.88. The van der Waals surface area contributed by atoms with E-state index in [-0.39, 0.29) is 36.5 Å². The molecule has 0 spiro atoms. The Hall–Kier alpha value is -4.65. The van der Waals surface area contributed by atoms with E-state index in [1.807, 2.05) is 6.92 Å². The van der Waals surface area contributed by atoms with Gasteiger partial charge in [0.15, 0.2) is 0 Å². The Balaban J connectivity index is 0.000000536. The van der Waals surface area contributed by atoms with Crippen molar-refractivity contribution in [3.8, 4) is 17.2 Å². The van der Waals surface area contributed by atoms with E-state index in [1.165, 1.54) is 57.7 Å². The Bertz CT molecular complexity index is 1030. The van der Waals surface area contributed by atoms with Crippen LogP contribution in [0.25, 0.3) is 0 Å². The number of hydrogen-bond donors (Lipinski definition) is 6. The van der Waals surface area contributed by atoms with Crippen molar-refractivity contribution < 1.29 is 59.2 Å². The van der Waals surface area contributed by atoms with Crippen molar-refractivity contribution in [3.05, 3.63) is 89.5 Å². The van der Waals surface area contributed by atoms with Crippen molar-refractivity contribution in [1.82, 2.24) is 0 Å². The number of methoxy groups -OCH3 is 3. The van der Waals surface area contributed by atoms with Crippen molar-refractivity contribution in [2.24, 2.45) is 5.41 Å². The third-order valence-corrected chi connectivity index (χ3v) is 5.77. The average molecular weight is 591 g/mol. The van der Waals surface area contributed by atoms with E-state index in [9.17, 15) is 14.4 Å².